The number of hydrogen-bond acceptors (Lipinski definition) is 3. The quantitative estimate of drug-likeness (QED) is 0.702. The van der Waals surface area contributed by atoms with Gasteiger partial charge in [0, 0.05) is 18.6 Å². The van der Waals surface area contributed by atoms with Crippen LogP contribution in [0.1, 0.15) is 13.3 Å². The predicted octanol–water partition coefficient (Wildman–Crippen LogP) is 3.94. The average Bonchev–Trinajstić information content (AvgIpc) is 2.92. The lowest BCUT2D eigenvalue weighted by Crippen LogP contribution is -2.04. The van der Waals surface area contributed by atoms with Crippen molar-refractivity contribution in [1.82, 2.24) is 4.57 Å². The zero-order valence-electron chi connectivity index (χ0n) is 13.5. The van der Waals surface area contributed by atoms with E-state index in [1.165, 1.54) is 24.4 Å². The Morgan fingerprint density at radius 1 is 1.08 bits per heavy atom. The van der Waals surface area contributed by atoms with Crippen molar-refractivity contribution in [2.75, 3.05) is 6.61 Å². The van der Waals surface area contributed by atoms with Gasteiger partial charge in [-0.15, -0.1) is 0 Å². The Labute approximate surface area is 140 Å². The summed E-state index contributed by atoms with van der Waals surface area (Å²) in [7, 11) is -2.21. The van der Waals surface area contributed by atoms with Gasteiger partial charge in [-0.05, 0) is 24.6 Å². The molecule has 0 aliphatic carbocycles. The number of ether oxygens (including phenoxy) is 1. The number of nitrogens with zero attached hydrogens (tertiary/aromatic N) is 1. The van der Waals surface area contributed by atoms with Crippen LogP contribution in [-0.2, 0) is 16.9 Å². The molecule has 0 amide bonds. The van der Waals surface area contributed by atoms with Gasteiger partial charge in [0.05, 0.1) is 17.0 Å². The van der Waals surface area contributed by atoms with Crippen LogP contribution in [0, 0.1) is 5.82 Å². The molecule has 0 fully saturated rings. The molecule has 4 nitrogen and oxygen atoms in total. The zero-order valence-corrected chi connectivity index (χ0v) is 14.3. The minimum Gasteiger partial charge on any atom is -0.491 e. The van der Waals surface area contributed by atoms with E-state index in [0.717, 1.165) is 12.5 Å². The molecule has 6 heteroatoms. The molecule has 3 rings (SSSR count). The molecule has 2 aromatic carbocycles. The number of halogens is 1. The van der Waals surface area contributed by atoms with E-state index in [1.54, 1.807) is 29.8 Å². The highest BCUT2D eigenvalue weighted by molar-refractivity contribution is 7.91. The fourth-order valence-corrected chi connectivity index (χ4v) is 4.29. The standard InChI is InChI=1S/C18H18FNO3S/c1-3-11-23-15-9-6-7-13-17(12-20(2)18(13)15)24(21,22)16-10-5-4-8-14(16)19/h4-10,12H,3,11H2,1-2H3. The Bertz CT molecular complexity index is 993. The number of benzene rings is 2. The van der Waals surface area contributed by atoms with Crippen molar-refractivity contribution in [3.8, 4) is 5.75 Å². The van der Waals surface area contributed by atoms with Crippen molar-refractivity contribution < 1.29 is 17.5 Å². The number of hydrogen-bond donors (Lipinski definition) is 0. The minimum absolute atomic E-state index is 0.0760. The molecule has 0 unspecified atom stereocenters. The van der Waals surface area contributed by atoms with Crippen LogP contribution in [0.2, 0.25) is 0 Å². The van der Waals surface area contributed by atoms with Gasteiger partial charge in [-0.1, -0.05) is 31.2 Å². The van der Waals surface area contributed by atoms with Crippen LogP contribution in [0.5, 0.6) is 5.75 Å². The summed E-state index contributed by atoms with van der Waals surface area (Å²) in [4.78, 5) is -0.246. The summed E-state index contributed by atoms with van der Waals surface area (Å²) in [5, 5.41) is 0.523. The second kappa shape index (κ2) is 6.28. The van der Waals surface area contributed by atoms with Crippen molar-refractivity contribution in [2.45, 2.75) is 23.1 Å². The molecule has 126 valence electrons. The Hall–Kier alpha value is -2.34. The molecule has 3 aromatic rings. The molecule has 24 heavy (non-hydrogen) atoms. The molecule has 0 aliphatic heterocycles. The van der Waals surface area contributed by atoms with Gasteiger partial charge in [0.25, 0.3) is 0 Å². The fraction of sp³-hybridized carbons (Fsp3) is 0.222. The third kappa shape index (κ3) is 2.67. The van der Waals surface area contributed by atoms with E-state index in [0.29, 0.717) is 23.3 Å². The first-order valence-corrected chi connectivity index (χ1v) is 9.15. The van der Waals surface area contributed by atoms with Crippen molar-refractivity contribution in [1.29, 1.82) is 0 Å². The first kappa shape index (κ1) is 16.5. The highest BCUT2D eigenvalue weighted by atomic mass is 32.2. The second-order valence-electron chi connectivity index (χ2n) is 5.54. The van der Waals surface area contributed by atoms with E-state index in [4.69, 9.17) is 4.74 Å². The first-order valence-electron chi connectivity index (χ1n) is 7.67. The van der Waals surface area contributed by atoms with E-state index in [-0.39, 0.29) is 9.79 Å². The van der Waals surface area contributed by atoms with E-state index < -0.39 is 15.7 Å². The molecule has 0 saturated heterocycles. The average molecular weight is 347 g/mol. The summed E-state index contributed by atoms with van der Waals surface area (Å²) >= 11 is 0. The number of fused-ring (bicyclic) bond motifs is 1. The second-order valence-corrected chi connectivity index (χ2v) is 7.43. The topological polar surface area (TPSA) is 48.3 Å². The molecule has 0 atom stereocenters. The van der Waals surface area contributed by atoms with Crippen LogP contribution >= 0.6 is 0 Å². The maximum atomic E-state index is 14.0. The largest absolute Gasteiger partial charge is 0.491 e. The predicted molar refractivity (Wildman–Crippen MR) is 90.6 cm³/mol. The molecular weight excluding hydrogens is 329 g/mol. The van der Waals surface area contributed by atoms with Gasteiger partial charge in [0.2, 0.25) is 9.84 Å². The number of para-hydroxylation sites is 1. The van der Waals surface area contributed by atoms with Gasteiger partial charge in [0.15, 0.2) is 0 Å². The van der Waals surface area contributed by atoms with Crippen molar-refractivity contribution in [3.63, 3.8) is 0 Å². The Balaban J connectivity index is 2.23. The summed E-state index contributed by atoms with van der Waals surface area (Å²) in [6.45, 7) is 2.54. The van der Waals surface area contributed by atoms with Crippen molar-refractivity contribution in [3.05, 3.63) is 54.5 Å². The van der Waals surface area contributed by atoms with E-state index in [1.807, 2.05) is 6.92 Å². The molecule has 0 N–H and O–H groups in total. The minimum atomic E-state index is -3.96. The monoisotopic (exact) mass is 347 g/mol. The Morgan fingerprint density at radius 3 is 2.54 bits per heavy atom. The molecule has 0 radical (unpaired) electrons. The maximum absolute atomic E-state index is 14.0. The first-order chi connectivity index (χ1) is 11.5. The van der Waals surface area contributed by atoms with Crippen LogP contribution in [-0.4, -0.2) is 19.6 Å². The van der Waals surface area contributed by atoms with Gasteiger partial charge in [-0.2, -0.15) is 0 Å². The number of aromatic nitrogens is 1. The molecule has 0 bridgehead atoms. The SMILES string of the molecule is CCCOc1cccc2c(S(=O)(=O)c3ccccc3F)cn(C)c12. The van der Waals surface area contributed by atoms with Crippen molar-refractivity contribution >= 4 is 20.7 Å². The van der Waals surface area contributed by atoms with Crippen LogP contribution in [0.4, 0.5) is 4.39 Å². The van der Waals surface area contributed by atoms with Crippen LogP contribution in [0.15, 0.2) is 58.5 Å². The lowest BCUT2D eigenvalue weighted by molar-refractivity contribution is 0.320. The smallest absolute Gasteiger partial charge is 0.211 e. The molecule has 1 heterocycles. The lowest BCUT2D eigenvalue weighted by Gasteiger charge is -2.08. The Morgan fingerprint density at radius 2 is 1.83 bits per heavy atom. The third-order valence-corrected chi connectivity index (χ3v) is 5.62. The van der Waals surface area contributed by atoms with E-state index >= 15 is 0 Å². The summed E-state index contributed by atoms with van der Waals surface area (Å²) in [5.41, 5.74) is 0.681. The molecule has 1 aromatic heterocycles. The number of sulfone groups is 1. The molecule has 0 saturated carbocycles. The van der Waals surface area contributed by atoms with E-state index in [9.17, 15) is 12.8 Å². The van der Waals surface area contributed by atoms with Crippen LogP contribution < -0.4 is 4.74 Å². The highest BCUT2D eigenvalue weighted by Crippen LogP contribution is 2.35. The number of rotatable bonds is 5. The van der Waals surface area contributed by atoms with Gasteiger partial charge >= 0.3 is 0 Å². The summed E-state index contributed by atoms with van der Waals surface area (Å²) in [6.07, 6.45) is 2.35. The summed E-state index contributed by atoms with van der Waals surface area (Å²) in [6, 6.07) is 10.7. The fourth-order valence-electron chi connectivity index (χ4n) is 2.72. The van der Waals surface area contributed by atoms with Gasteiger partial charge in [-0.25, -0.2) is 12.8 Å². The van der Waals surface area contributed by atoms with Gasteiger partial charge < -0.3 is 9.30 Å². The summed E-state index contributed by atoms with van der Waals surface area (Å²) in [5.74, 6) is -0.139. The summed E-state index contributed by atoms with van der Waals surface area (Å²) < 4.78 is 47.3. The highest BCUT2D eigenvalue weighted by Gasteiger charge is 2.26. The van der Waals surface area contributed by atoms with Crippen LogP contribution in [0.3, 0.4) is 0 Å². The molecule has 0 aliphatic rings. The lowest BCUT2D eigenvalue weighted by atomic mass is 10.2. The maximum Gasteiger partial charge on any atom is 0.211 e. The normalized spacial score (nSPS) is 11.8. The van der Waals surface area contributed by atoms with Gasteiger partial charge in [-0.3, -0.25) is 0 Å². The van der Waals surface area contributed by atoms with E-state index in [2.05, 4.69) is 0 Å². The third-order valence-electron chi connectivity index (χ3n) is 3.81. The van der Waals surface area contributed by atoms with Crippen molar-refractivity contribution in [2.24, 2.45) is 7.05 Å². The zero-order chi connectivity index (χ0) is 17.3. The Kier molecular flexibility index (Phi) is 4.32. The molecule has 0 spiro atoms. The molecular formula is C18H18FNO3S. The number of aryl methyl sites for hydroxylation is 1. The van der Waals surface area contributed by atoms with Crippen LogP contribution in [0.25, 0.3) is 10.9 Å². The van der Waals surface area contributed by atoms with Gasteiger partial charge in [0.1, 0.15) is 16.5 Å².